The Labute approximate surface area is 194 Å². The Hall–Kier alpha value is -3.30. The number of para-hydroxylation sites is 1. The van der Waals surface area contributed by atoms with Gasteiger partial charge < -0.3 is 14.2 Å². The number of hydrazone groups is 1. The lowest BCUT2D eigenvalue weighted by molar-refractivity contribution is -0.114. The van der Waals surface area contributed by atoms with Crippen LogP contribution in [0, 0.1) is 5.41 Å². The summed E-state index contributed by atoms with van der Waals surface area (Å²) in [5.41, 5.74) is 0.817. The van der Waals surface area contributed by atoms with Gasteiger partial charge in [-0.25, -0.2) is 0 Å². The minimum absolute atomic E-state index is 0.0136. The molecule has 0 unspecified atom stereocenters. The number of nitrogens with zero attached hydrogens (tertiary/aromatic N) is 3. The molecule has 2 aromatic rings. The summed E-state index contributed by atoms with van der Waals surface area (Å²) in [7, 11) is 1.53. The van der Waals surface area contributed by atoms with Gasteiger partial charge in [0.15, 0.2) is 17.3 Å². The topological polar surface area (TPSA) is 96.6 Å². The number of nitrogens with one attached hydrogen (secondary N) is 1. The Morgan fingerprint density at radius 2 is 1.88 bits per heavy atom. The van der Waals surface area contributed by atoms with Crippen LogP contribution in [0.15, 0.2) is 58.1 Å². The Morgan fingerprint density at radius 3 is 2.62 bits per heavy atom. The Morgan fingerprint density at radius 1 is 1.12 bits per heavy atom. The van der Waals surface area contributed by atoms with Crippen LogP contribution < -0.4 is 14.2 Å². The van der Waals surface area contributed by atoms with Gasteiger partial charge in [-0.1, -0.05) is 29.8 Å². The average Bonchev–Trinajstić information content (AvgIpc) is 3.16. The fourth-order valence-electron chi connectivity index (χ4n) is 3.01. The monoisotopic (exact) mass is 470 g/mol. The SMILES string of the molecule is COc1cc(/C=C2/C(=N)N3N=C(C)SC3=NC2=O)ccc1OCCOc1ccccc1Cl. The second kappa shape index (κ2) is 9.46. The van der Waals surface area contributed by atoms with Gasteiger partial charge in [0.1, 0.15) is 19.0 Å². The van der Waals surface area contributed by atoms with E-state index in [4.69, 9.17) is 31.2 Å². The largest absolute Gasteiger partial charge is 0.493 e. The van der Waals surface area contributed by atoms with Gasteiger partial charge in [-0.3, -0.25) is 10.2 Å². The number of carbonyl (C=O) groups excluding carboxylic acids is 1. The zero-order valence-electron chi connectivity index (χ0n) is 17.3. The highest BCUT2D eigenvalue weighted by atomic mass is 35.5. The van der Waals surface area contributed by atoms with Crippen LogP contribution in [0.2, 0.25) is 5.02 Å². The number of benzene rings is 2. The number of fused-ring (bicyclic) bond motifs is 1. The van der Waals surface area contributed by atoms with Crippen molar-refractivity contribution >= 4 is 51.4 Å². The Bertz CT molecular complexity index is 1180. The summed E-state index contributed by atoms with van der Waals surface area (Å²) in [5, 5.41) is 15.6. The van der Waals surface area contributed by atoms with Gasteiger partial charge in [0.2, 0.25) is 5.17 Å². The van der Waals surface area contributed by atoms with Gasteiger partial charge >= 0.3 is 0 Å². The number of ether oxygens (including phenoxy) is 3. The molecule has 2 aliphatic rings. The molecule has 0 spiro atoms. The zero-order chi connectivity index (χ0) is 22.7. The number of aliphatic imine (C=N–C) groups is 1. The fourth-order valence-corrected chi connectivity index (χ4v) is 3.94. The standard InChI is InChI=1S/C22H19ClN4O4S/c1-13-26-27-20(24)15(21(28)25-22(27)32-13)11-14-7-8-18(19(12-14)29-2)31-10-9-30-17-6-4-3-5-16(17)23/h3-8,11-12,24H,9-10H2,1-2H3/b15-11-,24-20?. The van der Waals surface area contributed by atoms with Crippen LogP contribution >= 0.6 is 23.4 Å². The molecule has 0 saturated heterocycles. The van der Waals surface area contributed by atoms with Crippen molar-refractivity contribution in [3.8, 4) is 17.2 Å². The van der Waals surface area contributed by atoms with Gasteiger partial charge in [-0.15, -0.1) is 0 Å². The van der Waals surface area contributed by atoms with Crippen molar-refractivity contribution < 1.29 is 19.0 Å². The van der Waals surface area contributed by atoms with Crippen molar-refractivity contribution in [2.45, 2.75) is 6.92 Å². The molecule has 0 aromatic heterocycles. The number of hydrogen-bond acceptors (Lipinski definition) is 7. The molecule has 0 aliphatic carbocycles. The highest BCUT2D eigenvalue weighted by Crippen LogP contribution is 2.31. The number of hydrogen-bond donors (Lipinski definition) is 1. The van der Waals surface area contributed by atoms with E-state index in [-0.39, 0.29) is 18.0 Å². The summed E-state index contributed by atoms with van der Waals surface area (Å²) < 4.78 is 16.8. The molecule has 0 saturated carbocycles. The summed E-state index contributed by atoms with van der Waals surface area (Å²) >= 11 is 7.34. The second-order valence-electron chi connectivity index (χ2n) is 6.68. The molecule has 10 heteroatoms. The molecule has 164 valence electrons. The number of amidine groups is 2. The van der Waals surface area contributed by atoms with Crippen LogP contribution in [0.1, 0.15) is 12.5 Å². The minimum atomic E-state index is -0.477. The van der Waals surface area contributed by atoms with Crippen LogP contribution in [0.5, 0.6) is 17.2 Å². The van der Waals surface area contributed by atoms with Crippen LogP contribution in [-0.4, -0.2) is 47.3 Å². The molecule has 8 nitrogen and oxygen atoms in total. The molecule has 2 heterocycles. The predicted molar refractivity (Wildman–Crippen MR) is 126 cm³/mol. The van der Waals surface area contributed by atoms with Crippen molar-refractivity contribution in [1.29, 1.82) is 5.41 Å². The first-order valence-corrected chi connectivity index (χ1v) is 10.8. The lowest BCUT2D eigenvalue weighted by Crippen LogP contribution is -2.35. The third-order valence-electron chi connectivity index (χ3n) is 4.49. The molecule has 4 rings (SSSR count). The first kappa shape index (κ1) is 21.9. The van der Waals surface area contributed by atoms with E-state index in [0.717, 1.165) is 5.04 Å². The normalized spacial score (nSPS) is 16.6. The van der Waals surface area contributed by atoms with Crippen molar-refractivity contribution in [3.05, 3.63) is 58.6 Å². The molecule has 1 amide bonds. The molecule has 32 heavy (non-hydrogen) atoms. The number of carbonyl (C=O) groups is 1. The molecular weight excluding hydrogens is 452 g/mol. The molecule has 2 aliphatic heterocycles. The maximum atomic E-state index is 12.4. The van der Waals surface area contributed by atoms with E-state index in [1.165, 1.54) is 23.9 Å². The Kier molecular flexibility index (Phi) is 6.48. The zero-order valence-corrected chi connectivity index (χ0v) is 18.9. The summed E-state index contributed by atoms with van der Waals surface area (Å²) in [6, 6.07) is 12.5. The van der Waals surface area contributed by atoms with Gasteiger partial charge in [-0.05, 0) is 54.6 Å². The lowest BCUT2D eigenvalue weighted by Gasteiger charge is -2.20. The summed E-state index contributed by atoms with van der Waals surface area (Å²) in [4.78, 5) is 16.5. The van der Waals surface area contributed by atoms with E-state index < -0.39 is 5.91 Å². The molecule has 0 bridgehead atoms. The maximum absolute atomic E-state index is 12.4. The lowest BCUT2D eigenvalue weighted by atomic mass is 10.1. The molecule has 0 radical (unpaired) electrons. The van der Waals surface area contributed by atoms with Crippen molar-refractivity contribution in [2.24, 2.45) is 10.1 Å². The van der Waals surface area contributed by atoms with Crippen LogP contribution in [0.25, 0.3) is 6.08 Å². The van der Waals surface area contributed by atoms with Gasteiger partial charge in [0.25, 0.3) is 5.91 Å². The molecule has 2 aromatic carbocycles. The summed E-state index contributed by atoms with van der Waals surface area (Å²) in [5.74, 6) is 1.11. The van der Waals surface area contributed by atoms with Gasteiger partial charge in [0, 0.05) is 0 Å². The van der Waals surface area contributed by atoms with Gasteiger partial charge in [-0.2, -0.15) is 15.1 Å². The first-order chi connectivity index (χ1) is 15.5. The van der Waals surface area contributed by atoms with E-state index in [2.05, 4.69) is 10.1 Å². The summed E-state index contributed by atoms with van der Waals surface area (Å²) in [6.07, 6.45) is 1.59. The second-order valence-corrected chi connectivity index (χ2v) is 8.24. The smallest absolute Gasteiger partial charge is 0.283 e. The average molecular weight is 471 g/mol. The van der Waals surface area contributed by atoms with Crippen LogP contribution in [0.4, 0.5) is 0 Å². The van der Waals surface area contributed by atoms with E-state index >= 15 is 0 Å². The predicted octanol–water partition coefficient (Wildman–Crippen LogP) is 4.45. The van der Waals surface area contributed by atoms with E-state index in [1.54, 1.807) is 43.3 Å². The van der Waals surface area contributed by atoms with Crippen molar-refractivity contribution in [2.75, 3.05) is 20.3 Å². The van der Waals surface area contributed by atoms with Crippen LogP contribution in [0.3, 0.4) is 0 Å². The van der Waals surface area contributed by atoms with Crippen molar-refractivity contribution in [3.63, 3.8) is 0 Å². The quantitative estimate of drug-likeness (QED) is 0.474. The first-order valence-electron chi connectivity index (χ1n) is 9.61. The number of amides is 1. The highest BCUT2D eigenvalue weighted by Gasteiger charge is 2.34. The fraction of sp³-hybridized carbons (Fsp3) is 0.182. The Balaban J connectivity index is 1.45. The third kappa shape index (κ3) is 4.63. The van der Waals surface area contributed by atoms with E-state index in [0.29, 0.717) is 39.6 Å². The van der Waals surface area contributed by atoms with E-state index in [1.807, 2.05) is 12.1 Å². The highest BCUT2D eigenvalue weighted by molar-refractivity contribution is 8.26. The van der Waals surface area contributed by atoms with Crippen molar-refractivity contribution in [1.82, 2.24) is 5.01 Å². The molecule has 0 fully saturated rings. The van der Waals surface area contributed by atoms with Crippen LogP contribution in [-0.2, 0) is 4.79 Å². The minimum Gasteiger partial charge on any atom is -0.493 e. The number of methoxy groups -OCH3 is 1. The molecular formula is C22H19ClN4O4S. The maximum Gasteiger partial charge on any atom is 0.283 e. The number of halogens is 1. The number of rotatable bonds is 7. The third-order valence-corrected chi connectivity index (χ3v) is 5.63. The van der Waals surface area contributed by atoms with E-state index in [9.17, 15) is 4.79 Å². The summed E-state index contributed by atoms with van der Waals surface area (Å²) in [6.45, 7) is 2.39. The molecule has 1 N–H and O–H groups in total. The molecule has 0 atom stereocenters. The number of thioether (sulfide) groups is 1. The van der Waals surface area contributed by atoms with Gasteiger partial charge in [0.05, 0.1) is 22.7 Å².